The van der Waals surface area contributed by atoms with E-state index in [0.717, 1.165) is 23.0 Å². The van der Waals surface area contributed by atoms with Crippen LogP contribution in [-0.4, -0.2) is 4.98 Å². The topological polar surface area (TPSA) is 41.8 Å². The summed E-state index contributed by atoms with van der Waals surface area (Å²) in [6, 6.07) is 12.9. The van der Waals surface area contributed by atoms with Gasteiger partial charge in [0.1, 0.15) is 0 Å². The van der Waals surface area contributed by atoms with Crippen molar-refractivity contribution in [1.82, 2.24) is 4.98 Å². The third kappa shape index (κ3) is 2.11. The Kier molecular flexibility index (Phi) is 2.71. The minimum absolute atomic E-state index is 0.103. The van der Waals surface area contributed by atoms with E-state index in [1.165, 1.54) is 6.07 Å². The third-order valence-electron chi connectivity index (χ3n) is 3.20. The summed E-state index contributed by atoms with van der Waals surface area (Å²) >= 11 is 0. The zero-order chi connectivity index (χ0) is 14.3. The van der Waals surface area contributed by atoms with Crippen LogP contribution < -0.4 is 5.73 Å². The van der Waals surface area contributed by atoms with Crippen molar-refractivity contribution >= 4 is 16.6 Å². The third-order valence-corrected chi connectivity index (χ3v) is 3.20. The van der Waals surface area contributed by atoms with Gasteiger partial charge in [0.15, 0.2) is 0 Å². The first-order chi connectivity index (χ1) is 9.45. The lowest BCUT2D eigenvalue weighted by Gasteiger charge is -2.09. The number of nitrogen functional groups attached to an aromatic ring is 1. The first kappa shape index (κ1) is 12.6. The SMILES string of the molecule is Nc1cc(C(F)(F)F)ccc1-c1cc2ccccc2[nH]1. The number of halogens is 3. The Morgan fingerprint density at radius 3 is 2.35 bits per heavy atom. The van der Waals surface area contributed by atoms with Gasteiger partial charge in [-0.2, -0.15) is 13.2 Å². The Morgan fingerprint density at radius 1 is 0.950 bits per heavy atom. The molecule has 0 aliphatic heterocycles. The number of H-pyrrole nitrogens is 1. The van der Waals surface area contributed by atoms with E-state index in [1.54, 1.807) is 0 Å². The number of hydrogen-bond acceptors (Lipinski definition) is 1. The van der Waals surface area contributed by atoms with Crippen molar-refractivity contribution in [2.24, 2.45) is 0 Å². The van der Waals surface area contributed by atoms with Gasteiger partial charge in [0, 0.05) is 27.8 Å². The fraction of sp³-hybridized carbons (Fsp3) is 0.0667. The predicted molar refractivity (Wildman–Crippen MR) is 73.1 cm³/mol. The summed E-state index contributed by atoms with van der Waals surface area (Å²) in [4.78, 5) is 3.15. The molecule has 3 rings (SSSR count). The molecule has 0 unspecified atom stereocenters. The molecule has 0 atom stereocenters. The molecule has 0 aliphatic rings. The smallest absolute Gasteiger partial charge is 0.398 e. The average Bonchev–Trinajstić information content (AvgIpc) is 2.80. The second-order valence-electron chi connectivity index (χ2n) is 4.57. The Hall–Kier alpha value is -2.43. The monoisotopic (exact) mass is 276 g/mol. The van der Waals surface area contributed by atoms with Crippen LogP contribution in [0.5, 0.6) is 0 Å². The Labute approximate surface area is 113 Å². The van der Waals surface area contributed by atoms with Crippen LogP contribution in [0.15, 0.2) is 48.5 Å². The van der Waals surface area contributed by atoms with Crippen LogP contribution in [0.1, 0.15) is 5.56 Å². The molecule has 0 spiro atoms. The summed E-state index contributed by atoms with van der Waals surface area (Å²) < 4.78 is 37.8. The van der Waals surface area contributed by atoms with Crippen LogP contribution >= 0.6 is 0 Å². The summed E-state index contributed by atoms with van der Waals surface area (Å²) in [6.45, 7) is 0. The second kappa shape index (κ2) is 4.30. The molecule has 0 amide bonds. The van der Waals surface area contributed by atoms with Crippen LogP contribution in [0.4, 0.5) is 18.9 Å². The molecule has 3 aromatic rings. The fourth-order valence-corrected chi connectivity index (χ4v) is 2.20. The van der Waals surface area contributed by atoms with Crippen molar-refractivity contribution in [3.8, 4) is 11.3 Å². The molecule has 102 valence electrons. The van der Waals surface area contributed by atoms with Gasteiger partial charge >= 0.3 is 6.18 Å². The van der Waals surface area contributed by atoms with E-state index in [4.69, 9.17) is 5.73 Å². The predicted octanol–water partition coefficient (Wildman–Crippen LogP) is 4.44. The molecule has 20 heavy (non-hydrogen) atoms. The van der Waals surface area contributed by atoms with Crippen molar-refractivity contribution < 1.29 is 13.2 Å². The van der Waals surface area contributed by atoms with Gasteiger partial charge in [0.2, 0.25) is 0 Å². The number of nitrogens with one attached hydrogen (secondary N) is 1. The van der Waals surface area contributed by atoms with Gasteiger partial charge in [0.25, 0.3) is 0 Å². The van der Waals surface area contributed by atoms with Gasteiger partial charge in [-0.15, -0.1) is 0 Å². The Morgan fingerprint density at radius 2 is 1.70 bits per heavy atom. The maximum atomic E-state index is 12.6. The number of hydrogen-bond donors (Lipinski definition) is 2. The normalized spacial score (nSPS) is 11.9. The molecule has 1 aromatic heterocycles. The molecule has 3 N–H and O–H groups in total. The highest BCUT2D eigenvalue weighted by molar-refractivity contribution is 5.88. The lowest BCUT2D eigenvalue weighted by atomic mass is 10.1. The number of rotatable bonds is 1. The first-order valence-electron chi connectivity index (χ1n) is 6.00. The van der Waals surface area contributed by atoms with E-state index >= 15 is 0 Å². The van der Waals surface area contributed by atoms with Crippen molar-refractivity contribution in [1.29, 1.82) is 0 Å². The molecular weight excluding hydrogens is 265 g/mol. The quantitative estimate of drug-likeness (QED) is 0.634. The van der Waals surface area contributed by atoms with Gasteiger partial charge in [-0.3, -0.25) is 0 Å². The van der Waals surface area contributed by atoms with Gasteiger partial charge in [-0.05, 0) is 24.3 Å². The Bertz CT molecular complexity index is 739. The van der Waals surface area contributed by atoms with Crippen molar-refractivity contribution in [2.45, 2.75) is 6.18 Å². The molecule has 1 heterocycles. The highest BCUT2D eigenvalue weighted by Gasteiger charge is 2.30. The summed E-state index contributed by atoms with van der Waals surface area (Å²) in [5.74, 6) is 0. The largest absolute Gasteiger partial charge is 0.416 e. The Balaban J connectivity index is 2.10. The van der Waals surface area contributed by atoms with Crippen LogP contribution in [0.25, 0.3) is 22.2 Å². The molecule has 0 saturated carbocycles. The number of alkyl halides is 3. The zero-order valence-corrected chi connectivity index (χ0v) is 10.3. The molecular formula is C15H11F3N2. The molecule has 0 bridgehead atoms. The van der Waals surface area contributed by atoms with Crippen LogP contribution in [0.2, 0.25) is 0 Å². The lowest BCUT2D eigenvalue weighted by Crippen LogP contribution is -2.06. The molecule has 0 aliphatic carbocycles. The van der Waals surface area contributed by atoms with Crippen LogP contribution in [0, 0.1) is 0 Å². The maximum Gasteiger partial charge on any atom is 0.416 e. The molecule has 5 heteroatoms. The number of fused-ring (bicyclic) bond motifs is 1. The van der Waals surface area contributed by atoms with E-state index in [1.807, 2.05) is 30.3 Å². The first-order valence-corrected chi connectivity index (χ1v) is 6.00. The van der Waals surface area contributed by atoms with E-state index in [2.05, 4.69) is 4.98 Å². The second-order valence-corrected chi connectivity index (χ2v) is 4.57. The van der Waals surface area contributed by atoms with Gasteiger partial charge in [-0.25, -0.2) is 0 Å². The molecule has 2 nitrogen and oxygen atoms in total. The minimum atomic E-state index is -4.38. The van der Waals surface area contributed by atoms with E-state index in [9.17, 15) is 13.2 Å². The molecule has 0 saturated heterocycles. The molecule has 0 radical (unpaired) electrons. The number of aromatic nitrogens is 1. The standard InChI is InChI=1S/C15H11F3N2/c16-15(17,18)10-5-6-11(12(19)8-10)14-7-9-3-1-2-4-13(9)20-14/h1-8,20H,19H2. The zero-order valence-electron chi connectivity index (χ0n) is 10.3. The number of para-hydroxylation sites is 1. The number of nitrogens with two attached hydrogens (primary N) is 1. The summed E-state index contributed by atoms with van der Waals surface area (Å²) in [5, 5.41) is 0.988. The molecule has 0 fully saturated rings. The lowest BCUT2D eigenvalue weighted by molar-refractivity contribution is -0.137. The highest BCUT2D eigenvalue weighted by atomic mass is 19.4. The highest BCUT2D eigenvalue weighted by Crippen LogP contribution is 2.35. The van der Waals surface area contributed by atoms with Crippen molar-refractivity contribution in [2.75, 3.05) is 5.73 Å². The van der Waals surface area contributed by atoms with Gasteiger partial charge in [0.05, 0.1) is 5.56 Å². The summed E-state index contributed by atoms with van der Waals surface area (Å²) in [7, 11) is 0. The average molecular weight is 276 g/mol. The van der Waals surface area contributed by atoms with Gasteiger partial charge < -0.3 is 10.7 Å². The fourth-order valence-electron chi connectivity index (χ4n) is 2.20. The van der Waals surface area contributed by atoms with Crippen molar-refractivity contribution in [3.63, 3.8) is 0 Å². The van der Waals surface area contributed by atoms with E-state index < -0.39 is 11.7 Å². The summed E-state index contributed by atoms with van der Waals surface area (Å²) in [5.41, 5.74) is 7.30. The minimum Gasteiger partial charge on any atom is -0.398 e. The van der Waals surface area contributed by atoms with Crippen LogP contribution in [0.3, 0.4) is 0 Å². The van der Waals surface area contributed by atoms with Crippen LogP contribution in [-0.2, 0) is 6.18 Å². The number of anilines is 1. The van der Waals surface area contributed by atoms with E-state index in [0.29, 0.717) is 11.3 Å². The number of aromatic amines is 1. The maximum absolute atomic E-state index is 12.6. The number of benzene rings is 2. The van der Waals surface area contributed by atoms with Crippen molar-refractivity contribution in [3.05, 3.63) is 54.1 Å². The molecule has 2 aromatic carbocycles. The summed E-state index contributed by atoms with van der Waals surface area (Å²) in [6.07, 6.45) is -4.38. The van der Waals surface area contributed by atoms with Gasteiger partial charge in [-0.1, -0.05) is 24.3 Å². The van der Waals surface area contributed by atoms with E-state index in [-0.39, 0.29) is 5.69 Å².